The molecule has 0 unspecified atom stereocenters. The van der Waals surface area contributed by atoms with E-state index in [0.29, 0.717) is 16.9 Å². The lowest BCUT2D eigenvalue weighted by Crippen LogP contribution is -2.44. The third-order valence-corrected chi connectivity index (χ3v) is 2.53. The van der Waals surface area contributed by atoms with Crippen molar-refractivity contribution in [1.29, 1.82) is 0 Å². The minimum Gasteiger partial charge on any atom is -0.496 e. The minimum absolute atomic E-state index is 0.347. The van der Waals surface area contributed by atoms with Crippen LogP contribution in [0.15, 0.2) is 30.9 Å². The third-order valence-electron chi connectivity index (χ3n) is 2.53. The zero-order valence-corrected chi connectivity index (χ0v) is 7.78. The molecule has 0 radical (unpaired) electrons. The number of carbonyl (C=O) groups excluding carboxylic acids is 1. The van der Waals surface area contributed by atoms with Crippen LogP contribution in [-0.4, -0.2) is 18.0 Å². The van der Waals surface area contributed by atoms with Crippen LogP contribution in [-0.2, 0) is 5.60 Å². The highest BCUT2D eigenvalue weighted by Gasteiger charge is 2.49. The Balaban J connectivity index is 2.64. The van der Waals surface area contributed by atoms with Crippen LogP contribution in [0.3, 0.4) is 0 Å². The Kier molecular flexibility index (Phi) is 1.72. The van der Waals surface area contributed by atoms with Crippen LogP contribution >= 0.6 is 0 Å². The van der Waals surface area contributed by atoms with Crippen LogP contribution in [0.25, 0.3) is 0 Å². The van der Waals surface area contributed by atoms with Crippen molar-refractivity contribution in [3.05, 3.63) is 42.0 Å². The molecule has 0 heterocycles. The number of fused-ring (bicyclic) bond motifs is 1. The molecular formula is C11H10O3. The van der Waals surface area contributed by atoms with E-state index in [0.717, 1.165) is 0 Å². The van der Waals surface area contributed by atoms with Crippen LogP contribution in [0.2, 0.25) is 0 Å². The van der Waals surface area contributed by atoms with Gasteiger partial charge in [0.2, 0.25) is 5.78 Å². The second kappa shape index (κ2) is 2.69. The molecule has 72 valence electrons. The standard InChI is InChI=1S/C11H10O3/c1-3-11(13)7-5-4-6-8(14-2)9(7)10(11)12/h3-6,13H,1H2,2H3/t11-/m1/s1. The number of benzene rings is 1. The van der Waals surface area contributed by atoms with E-state index < -0.39 is 5.60 Å². The Hall–Kier alpha value is -1.61. The Labute approximate surface area is 81.6 Å². The molecule has 1 aliphatic rings. The maximum absolute atomic E-state index is 11.6. The van der Waals surface area contributed by atoms with Crippen LogP contribution in [0, 0.1) is 0 Å². The van der Waals surface area contributed by atoms with Gasteiger partial charge in [-0.2, -0.15) is 0 Å². The predicted molar refractivity (Wildman–Crippen MR) is 51.4 cm³/mol. The lowest BCUT2D eigenvalue weighted by Gasteiger charge is -2.35. The molecule has 0 spiro atoms. The first-order valence-electron chi connectivity index (χ1n) is 4.23. The summed E-state index contributed by atoms with van der Waals surface area (Å²) in [5.41, 5.74) is -0.488. The number of ketones is 1. The third kappa shape index (κ3) is 0.822. The molecule has 1 aromatic rings. The Morgan fingerprint density at radius 3 is 2.86 bits per heavy atom. The van der Waals surface area contributed by atoms with Crippen molar-refractivity contribution in [1.82, 2.24) is 0 Å². The number of methoxy groups -OCH3 is 1. The topological polar surface area (TPSA) is 46.5 Å². The Bertz CT molecular complexity index is 423. The summed E-state index contributed by atoms with van der Waals surface area (Å²) < 4.78 is 5.02. The zero-order chi connectivity index (χ0) is 10.3. The molecule has 3 heteroatoms. The van der Waals surface area contributed by atoms with E-state index >= 15 is 0 Å². The van der Waals surface area contributed by atoms with E-state index in [1.807, 2.05) is 0 Å². The summed E-state index contributed by atoms with van der Waals surface area (Å²) in [7, 11) is 1.49. The van der Waals surface area contributed by atoms with E-state index in [2.05, 4.69) is 6.58 Å². The first-order valence-corrected chi connectivity index (χ1v) is 4.23. The van der Waals surface area contributed by atoms with Gasteiger partial charge in [0.1, 0.15) is 5.75 Å². The molecule has 1 atom stereocenters. The average molecular weight is 190 g/mol. The first kappa shape index (κ1) is 8.97. The van der Waals surface area contributed by atoms with Crippen molar-refractivity contribution in [2.75, 3.05) is 7.11 Å². The molecule has 0 fully saturated rings. The summed E-state index contributed by atoms with van der Waals surface area (Å²) in [6.45, 7) is 3.45. The lowest BCUT2D eigenvalue weighted by atomic mass is 9.72. The number of rotatable bonds is 2. The molecule has 0 amide bonds. The van der Waals surface area contributed by atoms with Gasteiger partial charge in [-0.05, 0) is 12.1 Å². The van der Waals surface area contributed by atoms with Crippen LogP contribution in [0.1, 0.15) is 15.9 Å². The second-order valence-electron chi connectivity index (χ2n) is 3.18. The van der Waals surface area contributed by atoms with Gasteiger partial charge in [-0.1, -0.05) is 18.7 Å². The van der Waals surface area contributed by atoms with Crippen molar-refractivity contribution in [3.63, 3.8) is 0 Å². The van der Waals surface area contributed by atoms with Gasteiger partial charge in [0, 0.05) is 5.56 Å². The van der Waals surface area contributed by atoms with Crippen LogP contribution < -0.4 is 4.74 Å². The van der Waals surface area contributed by atoms with Crippen LogP contribution in [0.4, 0.5) is 0 Å². The highest BCUT2D eigenvalue weighted by Crippen LogP contribution is 2.44. The maximum Gasteiger partial charge on any atom is 0.207 e. The first-order chi connectivity index (χ1) is 6.65. The number of aliphatic hydroxyl groups is 1. The highest BCUT2D eigenvalue weighted by atomic mass is 16.5. The van der Waals surface area contributed by atoms with Crippen molar-refractivity contribution in [3.8, 4) is 5.75 Å². The molecule has 1 aromatic carbocycles. The van der Waals surface area contributed by atoms with Gasteiger partial charge in [0.05, 0.1) is 12.7 Å². The lowest BCUT2D eigenvalue weighted by molar-refractivity contribution is 0.0406. The van der Waals surface area contributed by atoms with Crippen LogP contribution in [0.5, 0.6) is 5.75 Å². The number of ether oxygens (including phenoxy) is 1. The van der Waals surface area contributed by atoms with Crippen molar-refractivity contribution in [2.24, 2.45) is 0 Å². The monoisotopic (exact) mass is 190 g/mol. The molecule has 14 heavy (non-hydrogen) atoms. The Morgan fingerprint density at radius 1 is 1.57 bits per heavy atom. The molecule has 3 nitrogen and oxygen atoms in total. The van der Waals surface area contributed by atoms with Gasteiger partial charge in [0.15, 0.2) is 5.60 Å². The van der Waals surface area contributed by atoms with Gasteiger partial charge in [-0.3, -0.25) is 4.79 Å². The smallest absolute Gasteiger partial charge is 0.207 e. The molecule has 0 bridgehead atoms. The molecule has 0 aliphatic heterocycles. The molecule has 1 N–H and O–H groups in total. The van der Waals surface area contributed by atoms with E-state index in [1.54, 1.807) is 18.2 Å². The van der Waals surface area contributed by atoms with Gasteiger partial charge >= 0.3 is 0 Å². The van der Waals surface area contributed by atoms with Crippen molar-refractivity contribution < 1.29 is 14.6 Å². The number of hydrogen-bond donors (Lipinski definition) is 1. The summed E-state index contributed by atoms with van der Waals surface area (Å²) in [4.78, 5) is 11.6. The molecule has 0 aromatic heterocycles. The summed E-state index contributed by atoms with van der Waals surface area (Å²) in [5, 5.41) is 9.84. The summed E-state index contributed by atoms with van der Waals surface area (Å²) >= 11 is 0. The fraction of sp³-hybridized carbons (Fsp3) is 0.182. The molecular weight excluding hydrogens is 180 g/mol. The van der Waals surface area contributed by atoms with Crippen molar-refractivity contribution >= 4 is 5.78 Å². The quantitative estimate of drug-likeness (QED) is 0.714. The molecule has 0 saturated carbocycles. The fourth-order valence-electron chi connectivity index (χ4n) is 1.71. The second-order valence-corrected chi connectivity index (χ2v) is 3.18. The Morgan fingerprint density at radius 2 is 2.29 bits per heavy atom. The maximum atomic E-state index is 11.6. The van der Waals surface area contributed by atoms with E-state index in [-0.39, 0.29) is 5.78 Å². The predicted octanol–water partition coefficient (Wildman–Crippen LogP) is 1.27. The summed E-state index contributed by atoms with van der Waals surface area (Å²) in [6, 6.07) is 5.12. The summed E-state index contributed by atoms with van der Waals surface area (Å²) in [5.74, 6) is 0.152. The van der Waals surface area contributed by atoms with E-state index in [1.165, 1.54) is 13.2 Å². The van der Waals surface area contributed by atoms with Gasteiger partial charge < -0.3 is 9.84 Å². The average Bonchev–Trinajstić information content (AvgIpc) is 2.26. The molecule has 2 rings (SSSR count). The largest absolute Gasteiger partial charge is 0.496 e. The van der Waals surface area contributed by atoms with E-state index in [4.69, 9.17) is 4.74 Å². The molecule has 1 aliphatic carbocycles. The van der Waals surface area contributed by atoms with Gasteiger partial charge in [-0.25, -0.2) is 0 Å². The number of carbonyl (C=O) groups is 1. The van der Waals surface area contributed by atoms with E-state index in [9.17, 15) is 9.90 Å². The minimum atomic E-state index is -1.51. The fourth-order valence-corrected chi connectivity index (χ4v) is 1.71. The van der Waals surface area contributed by atoms with Crippen molar-refractivity contribution in [2.45, 2.75) is 5.60 Å². The van der Waals surface area contributed by atoms with Gasteiger partial charge in [-0.15, -0.1) is 0 Å². The van der Waals surface area contributed by atoms with Gasteiger partial charge in [0.25, 0.3) is 0 Å². The number of Topliss-reactive ketones (excluding diaryl/α,β-unsaturated/α-hetero) is 1. The SMILES string of the molecule is C=C[C@]1(O)C(=O)c2c(OC)cccc21. The number of hydrogen-bond acceptors (Lipinski definition) is 3. The highest BCUT2D eigenvalue weighted by molar-refractivity contribution is 6.15. The zero-order valence-electron chi connectivity index (χ0n) is 7.78. The molecule has 0 saturated heterocycles. The summed E-state index contributed by atoms with van der Waals surface area (Å²) in [6.07, 6.45) is 1.25. The normalized spacial score (nSPS) is 23.7.